The Labute approximate surface area is 173 Å². The number of methoxy groups -OCH3 is 1. The summed E-state index contributed by atoms with van der Waals surface area (Å²) in [7, 11) is 1.61. The Morgan fingerprint density at radius 1 is 1.13 bits per heavy atom. The van der Waals surface area contributed by atoms with Crippen molar-refractivity contribution >= 4 is 0 Å². The van der Waals surface area contributed by atoms with Gasteiger partial charge in [-0.15, -0.1) is 5.10 Å². The minimum atomic E-state index is -0.0699. The van der Waals surface area contributed by atoms with Crippen LogP contribution < -0.4 is 4.74 Å². The monoisotopic (exact) mass is 403 g/mol. The molecule has 30 heavy (non-hydrogen) atoms. The molecule has 8 nitrogen and oxygen atoms in total. The van der Waals surface area contributed by atoms with Crippen molar-refractivity contribution in [3.63, 3.8) is 0 Å². The van der Waals surface area contributed by atoms with Gasteiger partial charge in [-0.05, 0) is 37.1 Å². The average molecular weight is 403 g/mol. The van der Waals surface area contributed by atoms with Crippen molar-refractivity contribution in [3.05, 3.63) is 64.8 Å². The van der Waals surface area contributed by atoms with E-state index in [9.17, 15) is 0 Å². The van der Waals surface area contributed by atoms with Gasteiger partial charge in [-0.3, -0.25) is 0 Å². The van der Waals surface area contributed by atoms with E-state index in [1.807, 2.05) is 28.9 Å². The maximum Gasteiger partial charge on any atom is 0.280 e. The fraction of sp³-hybridized carbons (Fsp3) is 0.273. The van der Waals surface area contributed by atoms with Gasteiger partial charge in [-0.25, -0.2) is 4.68 Å². The van der Waals surface area contributed by atoms with Crippen molar-refractivity contribution < 1.29 is 14.0 Å². The maximum atomic E-state index is 6.15. The van der Waals surface area contributed by atoms with E-state index in [-0.39, 0.29) is 6.10 Å². The van der Waals surface area contributed by atoms with E-state index in [1.54, 1.807) is 7.11 Å². The minimum absolute atomic E-state index is 0.0699. The summed E-state index contributed by atoms with van der Waals surface area (Å²) < 4.78 is 18.9. The Morgan fingerprint density at radius 2 is 2.00 bits per heavy atom. The Kier molecular flexibility index (Phi) is 4.55. The van der Waals surface area contributed by atoms with Crippen molar-refractivity contribution in [2.45, 2.75) is 33.1 Å². The number of ether oxygens (including phenoxy) is 2. The number of hydrogen-bond donors (Lipinski definition) is 0. The summed E-state index contributed by atoms with van der Waals surface area (Å²) in [5.41, 5.74) is 5.73. The lowest BCUT2D eigenvalue weighted by Crippen LogP contribution is -2.22. The van der Waals surface area contributed by atoms with Crippen LogP contribution in [-0.4, -0.2) is 32.2 Å². The summed E-state index contributed by atoms with van der Waals surface area (Å²) in [6.07, 6.45) is -0.0699. The lowest BCUT2D eigenvalue weighted by Gasteiger charge is -2.25. The van der Waals surface area contributed by atoms with Gasteiger partial charge >= 0.3 is 0 Å². The molecular weight excluding hydrogens is 382 g/mol. The number of benzene rings is 2. The van der Waals surface area contributed by atoms with Crippen LogP contribution >= 0.6 is 0 Å². The van der Waals surface area contributed by atoms with Crippen LogP contribution in [0.2, 0.25) is 0 Å². The second-order valence-corrected chi connectivity index (χ2v) is 7.35. The molecule has 4 aromatic rings. The molecule has 1 aliphatic heterocycles. The number of rotatable bonds is 4. The van der Waals surface area contributed by atoms with Crippen LogP contribution in [0.3, 0.4) is 0 Å². The highest BCUT2D eigenvalue weighted by molar-refractivity contribution is 5.65. The van der Waals surface area contributed by atoms with Crippen LogP contribution in [-0.2, 0) is 17.9 Å². The van der Waals surface area contributed by atoms with Crippen LogP contribution in [0.15, 0.2) is 47.0 Å². The van der Waals surface area contributed by atoms with Gasteiger partial charge in [0.05, 0.1) is 31.5 Å². The van der Waals surface area contributed by atoms with Crippen molar-refractivity contribution in [3.8, 4) is 28.7 Å². The molecular formula is C22H21N5O3. The summed E-state index contributed by atoms with van der Waals surface area (Å²) in [5, 5.41) is 12.7. The zero-order chi connectivity index (χ0) is 20.7. The van der Waals surface area contributed by atoms with Crippen LogP contribution in [0.4, 0.5) is 0 Å². The normalized spacial score (nSPS) is 15.8. The van der Waals surface area contributed by atoms with Crippen LogP contribution in [0.25, 0.3) is 23.0 Å². The van der Waals surface area contributed by atoms with Crippen molar-refractivity contribution in [2.75, 3.05) is 7.11 Å². The third-order valence-electron chi connectivity index (χ3n) is 5.35. The molecule has 0 amide bonds. The summed E-state index contributed by atoms with van der Waals surface area (Å²) >= 11 is 0. The fourth-order valence-corrected chi connectivity index (χ4v) is 3.81. The molecule has 0 unspecified atom stereocenters. The van der Waals surface area contributed by atoms with E-state index in [2.05, 4.69) is 52.5 Å². The first-order chi connectivity index (χ1) is 14.6. The first-order valence-electron chi connectivity index (χ1n) is 9.72. The number of hydrogen-bond acceptors (Lipinski definition) is 7. The smallest absolute Gasteiger partial charge is 0.280 e. The SMILES string of the molecule is COc1ccccc1-c1noc(-c2nnn3c2CO[C@@H](c2ccc(C)cc2C)C3)n1. The number of aryl methyl sites for hydroxylation is 2. The van der Waals surface area contributed by atoms with Crippen molar-refractivity contribution in [1.82, 2.24) is 25.1 Å². The van der Waals surface area contributed by atoms with Gasteiger partial charge in [0.1, 0.15) is 11.9 Å². The molecule has 0 spiro atoms. The standard InChI is InChI=1S/C22H21N5O3/c1-13-8-9-15(14(2)10-13)19-11-27-17(12-29-19)20(24-26-27)22-23-21(25-30-22)16-6-4-5-7-18(16)28-3/h4-10,19H,11-12H2,1-3H3/t19-/m1/s1. The first kappa shape index (κ1) is 18.5. The average Bonchev–Trinajstić information content (AvgIpc) is 3.40. The summed E-state index contributed by atoms with van der Waals surface area (Å²) in [5.74, 6) is 1.43. The number of aromatic nitrogens is 5. The molecule has 152 valence electrons. The zero-order valence-electron chi connectivity index (χ0n) is 17.0. The van der Waals surface area contributed by atoms with E-state index < -0.39 is 0 Å². The number of fused-ring (bicyclic) bond motifs is 1. The van der Waals surface area contributed by atoms with Gasteiger partial charge in [0.2, 0.25) is 5.82 Å². The predicted molar refractivity (Wildman–Crippen MR) is 109 cm³/mol. The highest BCUT2D eigenvalue weighted by atomic mass is 16.5. The molecule has 2 aromatic carbocycles. The Balaban J connectivity index is 1.43. The van der Waals surface area contributed by atoms with E-state index in [0.717, 1.165) is 11.3 Å². The van der Waals surface area contributed by atoms with Gasteiger partial charge in [-0.2, -0.15) is 4.98 Å². The third-order valence-corrected chi connectivity index (χ3v) is 5.35. The lowest BCUT2D eigenvalue weighted by molar-refractivity contribution is -0.00153. The molecule has 0 N–H and O–H groups in total. The lowest BCUT2D eigenvalue weighted by atomic mass is 10.0. The summed E-state index contributed by atoms with van der Waals surface area (Å²) in [4.78, 5) is 4.51. The van der Waals surface area contributed by atoms with Crippen molar-refractivity contribution in [2.24, 2.45) is 0 Å². The molecule has 0 saturated heterocycles. The van der Waals surface area contributed by atoms with E-state index >= 15 is 0 Å². The summed E-state index contributed by atoms with van der Waals surface area (Å²) in [6.45, 7) is 5.14. The van der Waals surface area contributed by atoms with Crippen LogP contribution in [0, 0.1) is 13.8 Å². The quantitative estimate of drug-likeness (QED) is 0.511. The maximum absolute atomic E-state index is 6.15. The van der Waals surface area contributed by atoms with Gasteiger partial charge in [0, 0.05) is 0 Å². The van der Waals surface area contributed by atoms with E-state index in [1.165, 1.54) is 16.7 Å². The molecule has 0 radical (unpaired) electrons. The first-order valence-corrected chi connectivity index (χ1v) is 9.72. The summed E-state index contributed by atoms with van der Waals surface area (Å²) in [6, 6.07) is 13.9. The third kappa shape index (κ3) is 3.15. The predicted octanol–water partition coefficient (Wildman–Crippen LogP) is 3.89. The number of nitrogens with zero attached hydrogens (tertiary/aromatic N) is 5. The van der Waals surface area contributed by atoms with E-state index in [4.69, 9.17) is 14.0 Å². The molecule has 0 aliphatic carbocycles. The molecule has 2 aromatic heterocycles. The zero-order valence-corrected chi connectivity index (χ0v) is 17.0. The molecule has 5 rings (SSSR count). The van der Waals surface area contributed by atoms with Crippen LogP contribution in [0.1, 0.15) is 28.5 Å². The highest BCUT2D eigenvalue weighted by Crippen LogP contribution is 2.33. The molecule has 8 heteroatoms. The topological polar surface area (TPSA) is 88.1 Å². The Morgan fingerprint density at radius 3 is 2.83 bits per heavy atom. The highest BCUT2D eigenvalue weighted by Gasteiger charge is 2.28. The van der Waals surface area contributed by atoms with E-state index in [0.29, 0.717) is 36.3 Å². The molecule has 0 bridgehead atoms. The fourth-order valence-electron chi connectivity index (χ4n) is 3.81. The van der Waals surface area contributed by atoms with Crippen LogP contribution in [0.5, 0.6) is 5.75 Å². The number of para-hydroxylation sites is 1. The van der Waals surface area contributed by atoms with Gasteiger partial charge in [0.15, 0.2) is 5.69 Å². The van der Waals surface area contributed by atoms with Gasteiger partial charge in [-0.1, -0.05) is 46.3 Å². The van der Waals surface area contributed by atoms with Crippen molar-refractivity contribution in [1.29, 1.82) is 0 Å². The Hall–Kier alpha value is -3.52. The van der Waals surface area contributed by atoms with Gasteiger partial charge < -0.3 is 14.0 Å². The Bertz CT molecular complexity index is 1210. The molecule has 1 aliphatic rings. The second-order valence-electron chi connectivity index (χ2n) is 7.35. The largest absolute Gasteiger partial charge is 0.496 e. The second kappa shape index (κ2) is 7.38. The molecule has 1 atom stereocenters. The molecule has 3 heterocycles. The molecule has 0 fully saturated rings. The molecule has 0 saturated carbocycles. The van der Waals surface area contributed by atoms with Gasteiger partial charge in [0.25, 0.3) is 5.89 Å². The minimum Gasteiger partial charge on any atom is -0.496 e.